The van der Waals surface area contributed by atoms with Gasteiger partial charge >= 0.3 is 18.1 Å². The summed E-state index contributed by atoms with van der Waals surface area (Å²) in [5, 5.41) is 19.3. The van der Waals surface area contributed by atoms with Crippen molar-refractivity contribution in [2.24, 2.45) is 5.41 Å². The van der Waals surface area contributed by atoms with Crippen LogP contribution in [0.5, 0.6) is 0 Å². The molecule has 1 heterocycles. The van der Waals surface area contributed by atoms with Gasteiger partial charge in [-0.05, 0) is 19.3 Å². The zero-order chi connectivity index (χ0) is 17.0. The number of ether oxygens (including phenoxy) is 1. The second kappa shape index (κ2) is 6.96. The van der Waals surface area contributed by atoms with E-state index in [2.05, 4.69) is 11.4 Å². The summed E-state index contributed by atoms with van der Waals surface area (Å²) in [6.45, 7) is 0. The Hall–Kier alpha value is -1.82. The van der Waals surface area contributed by atoms with Crippen LogP contribution in [0.3, 0.4) is 0 Å². The van der Waals surface area contributed by atoms with Crippen LogP contribution in [0.2, 0.25) is 0 Å². The highest BCUT2D eigenvalue weighted by molar-refractivity contribution is 5.76. The third kappa shape index (κ3) is 4.10. The summed E-state index contributed by atoms with van der Waals surface area (Å²) in [4.78, 5) is 20.3. The number of esters is 1. The predicted molar refractivity (Wildman–Crippen MR) is 67.5 cm³/mol. The Bertz CT molecular complexity index is 467. The molecule has 2 fully saturated rings. The van der Waals surface area contributed by atoms with E-state index < -0.39 is 12.1 Å². The number of hydrogen-bond donors (Lipinski definition) is 2. The Balaban J connectivity index is 0.000000295. The molecule has 1 saturated heterocycles. The first-order valence-corrected chi connectivity index (χ1v) is 6.70. The Kier molecular flexibility index (Phi) is 5.77. The summed E-state index contributed by atoms with van der Waals surface area (Å²) in [5.74, 6) is -2.99. The zero-order valence-electron chi connectivity index (χ0n) is 11.9. The van der Waals surface area contributed by atoms with Crippen LogP contribution in [0.1, 0.15) is 32.1 Å². The van der Waals surface area contributed by atoms with Gasteiger partial charge in [-0.25, -0.2) is 4.79 Å². The van der Waals surface area contributed by atoms with Crippen molar-refractivity contribution >= 4 is 11.9 Å². The monoisotopic (exact) mass is 322 g/mol. The van der Waals surface area contributed by atoms with E-state index in [1.54, 1.807) is 0 Å². The summed E-state index contributed by atoms with van der Waals surface area (Å²) >= 11 is 0. The number of nitrogens with zero attached hydrogens (tertiary/aromatic N) is 1. The topological polar surface area (TPSA) is 99.4 Å². The third-order valence-electron chi connectivity index (χ3n) is 4.05. The predicted octanol–water partition coefficient (Wildman–Crippen LogP) is 1.61. The molecule has 6 nitrogen and oxygen atoms in total. The average Bonchev–Trinajstić information content (AvgIpc) is 3.05. The largest absolute Gasteiger partial charge is 0.490 e. The number of carboxylic acid groups (broad SMARTS) is 1. The van der Waals surface area contributed by atoms with Gasteiger partial charge in [0.2, 0.25) is 0 Å². The van der Waals surface area contributed by atoms with E-state index in [1.807, 2.05) is 0 Å². The maximum atomic E-state index is 11.4. The van der Waals surface area contributed by atoms with E-state index in [1.165, 1.54) is 20.0 Å². The Labute approximate surface area is 125 Å². The van der Waals surface area contributed by atoms with Crippen LogP contribution in [0, 0.1) is 16.7 Å². The number of rotatable bonds is 1. The molecule has 22 heavy (non-hydrogen) atoms. The summed E-state index contributed by atoms with van der Waals surface area (Å²) in [5.41, 5.74) is 0.0353. The minimum atomic E-state index is -5.08. The summed E-state index contributed by atoms with van der Waals surface area (Å²) < 4.78 is 36.5. The molecule has 2 atom stereocenters. The number of methoxy groups -OCH3 is 1. The first kappa shape index (κ1) is 18.2. The van der Waals surface area contributed by atoms with E-state index in [9.17, 15) is 18.0 Å². The minimum Gasteiger partial charge on any atom is -0.475 e. The van der Waals surface area contributed by atoms with Gasteiger partial charge in [-0.15, -0.1) is 0 Å². The Morgan fingerprint density at radius 2 is 1.86 bits per heavy atom. The molecular formula is C13H17F3N2O4. The van der Waals surface area contributed by atoms with Gasteiger partial charge in [0.05, 0.1) is 13.2 Å². The van der Waals surface area contributed by atoms with Crippen LogP contribution in [0.15, 0.2) is 0 Å². The molecule has 2 N–H and O–H groups in total. The van der Waals surface area contributed by atoms with Crippen LogP contribution in [0.25, 0.3) is 0 Å². The highest BCUT2D eigenvalue weighted by Crippen LogP contribution is 2.48. The maximum absolute atomic E-state index is 11.4. The zero-order valence-corrected chi connectivity index (χ0v) is 11.9. The van der Waals surface area contributed by atoms with Gasteiger partial charge in [0, 0.05) is 5.41 Å². The van der Waals surface area contributed by atoms with E-state index in [0.717, 1.165) is 19.3 Å². The number of carbonyl (C=O) groups excluding carboxylic acids is 1. The third-order valence-corrected chi connectivity index (χ3v) is 4.05. The number of alkyl halides is 3. The summed E-state index contributed by atoms with van der Waals surface area (Å²) in [6.07, 6.45) is 0.150. The second-order valence-electron chi connectivity index (χ2n) is 5.38. The van der Waals surface area contributed by atoms with Crippen molar-refractivity contribution in [1.82, 2.24) is 5.32 Å². The standard InChI is InChI=1S/C11H16N2O2.C2HF3O2/c1-15-10(14)8-6-11(4-2-3-5-11)9(7-12)13-8;3-2(4,5)1(6)7/h8-9,13H,2-6H2,1H3;(H,6,7)/t8-,9?;/m0./s1. The van der Waals surface area contributed by atoms with Crippen LogP contribution in [-0.2, 0) is 14.3 Å². The molecule has 0 bridgehead atoms. The number of hydrogen-bond acceptors (Lipinski definition) is 5. The van der Waals surface area contributed by atoms with Crippen molar-refractivity contribution in [3.05, 3.63) is 0 Å². The van der Waals surface area contributed by atoms with Crippen LogP contribution in [0.4, 0.5) is 13.2 Å². The van der Waals surface area contributed by atoms with Crippen LogP contribution in [-0.4, -0.2) is 42.4 Å². The van der Waals surface area contributed by atoms with E-state index in [0.29, 0.717) is 0 Å². The molecule has 2 rings (SSSR count). The van der Waals surface area contributed by atoms with Crippen molar-refractivity contribution in [2.45, 2.75) is 50.4 Å². The maximum Gasteiger partial charge on any atom is 0.490 e. The molecule has 9 heteroatoms. The van der Waals surface area contributed by atoms with Crippen molar-refractivity contribution in [1.29, 1.82) is 5.26 Å². The van der Waals surface area contributed by atoms with Crippen molar-refractivity contribution < 1.29 is 32.6 Å². The summed E-state index contributed by atoms with van der Waals surface area (Å²) in [7, 11) is 1.39. The van der Waals surface area contributed by atoms with E-state index >= 15 is 0 Å². The Morgan fingerprint density at radius 3 is 2.23 bits per heavy atom. The SMILES string of the molecule is COC(=O)[C@@H]1CC2(CCCC2)C(C#N)N1.O=C(O)C(F)(F)F. The summed E-state index contributed by atoms with van der Waals surface area (Å²) in [6, 6.07) is 1.83. The lowest BCUT2D eigenvalue weighted by molar-refractivity contribution is -0.192. The number of nitriles is 1. The quantitative estimate of drug-likeness (QED) is 0.712. The van der Waals surface area contributed by atoms with Gasteiger partial charge in [-0.3, -0.25) is 10.1 Å². The molecule has 0 aromatic carbocycles. The highest BCUT2D eigenvalue weighted by atomic mass is 19.4. The lowest BCUT2D eigenvalue weighted by Crippen LogP contribution is -2.37. The van der Waals surface area contributed by atoms with Crippen LogP contribution >= 0.6 is 0 Å². The first-order chi connectivity index (χ1) is 10.2. The molecular weight excluding hydrogens is 305 g/mol. The highest BCUT2D eigenvalue weighted by Gasteiger charge is 2.50. The molecule has 0 aromatic heterocycles. The van der Waals surface area contributed by atoms with Crippen LogP contribution < -0.4 is 5.32 Å². The number of carbonyl (C=O) groups is 2. The molecule has 0 aromatic rings. The number of carboxylic acids is 1. The molecule has 1 unspecified atom stereocenters. The second-order valence-corrected chi connectivity index (χ2v) is 5.38. The molecule has 2 aliphatic rings. The fourth-order valence-corrected chi connectivity index (χ4v) is 3.00. The average molecular weight is 322 g/mol. The fourth-order valence-electron chi connectivity index (χ4n) is 3.00. The molecule has 1 saturated carbocycles. The lowest BCUT2D eigenvalue weighted by atomic mass is 9.78. The van der Waals surface area contributed by atoms with Gasteiger partial charge in [0.15, 0.2) is 0 Å². The van der Waals surface area contributed by atoms with Gasteiger partial charge in [0.25, 0.3) is 0 Å². The lowest BCUT2D eigenvalue weighted by Gasteiger charge is -2.24. The van der Waals surface area contributed by atoms with Crippen molar-refractivity contribution in [3.8, 4) is 6.07 Å². The minimum absolute atomic E-state index is 0.0353. The smallest absolute Gasteiger partial charge is 0.475 e. The van der Waals surface area contributed by atoms with Crippen molar-refractivity contribution in [3.63, 3.8) is 0 Å². The van der Waals surface area contributed by atoms with Gasteiger partial charge in [-0.1, -0.05) is 12.8 Å². The van der Waals surface area contributed by atoms with Gasteiger partial charge in [0.1, 0.15) is 12.1 Å². The van der Waals surface area contributed by atoms with Gasteiger partial charge < -0.3 is 9.84 Å². The molecule has 1 aliphatic carbocycles. The molecule has 1 aliphatic heterocycles. The normalized spacial score (nSPS) is 26.0. The Morgan fingerprint density at radius 1 is 1.36 bits per heavy atom. The molecule has 124 valence electrons. The number of nitrogens with one attached hydrogen (secondary N) is 1. The van der Waals surface area contributed by atoms with E-state index in [-0.39, 0.29) is 23.5 Å². The number of halogens is 3. The molecule has 0 radical (unpaired) electrons. The number of aliphatic carboxylic acids is 1. The molecule has 1 spiro atoms. The molecule has 0 amide bonds. The van der Waals surface area contributed by atoms with E-state index in [4.69, 9.17) is 19.9 Å². The fraction of sp³-hybridized carbons (Fsp3) is 0.769. The van der Waals surface area contributed by atoms with Gasteiger partial charge in [-0.2, -0.15) is 18.4 Å². The first-order valence-electron chi connectivity index (χ1n) is 6.70. The van der Waals surface area contributed by atoms with Crippen molar-refractivity contribution in [2.75, 3.05) is 7.11 Å².